The first-order valence-electron chi connectivity index (χ1n) is 6.16. The van der Waals surface area contributed by atoms with Crippen LogP contribution in [0.25, 0.3) is 0 Å². The van der Waals surface area contributed by atoms with Gasteiger partial charge in [-0.1, -0.05) is 6.07 Å². The van der Waals surface area contributed by atoms with Crippen LogP contribution in [0.3, 0.4) is 0 Å². The fourth-order valence-corrected chi connectivity index (χ4v) is 2.90. The molecule has 6 heteroatoms. The van der Waals surface area contributed by atoms with Crippen molar-refractivity contribution in [3.63, 3.8) is 0 Å². The highest BCUT2D eigenvalue weighted by Crippen LogP contribution is 2.18. The van der Waals surface area contributed by atoms with E-state index in [2.05, 4.69) is 14.6 Å². The Morgan fingerprint density at radius 1 is 1.44 bits per heavy atom. The number of rotatable bonds is 4. The van der Waals surface area contributed by atoms with Crippen molar-refractivity contribution in [1.29, 1.82) is 0 Å². The van der Waals surface area contributed by atoms with Crippen molar-refractivity contribution in [2.75, 3.05) is 18.0 Å². The van der Waals surface area contributed by atoms with Crippen molar-refractivity contribution in [2.45, 2.75) is 31.6 Å². The molecule has 1 N–H and O–H groups in total. The van der Waals surface area contributed by atoms with E-state index >= 15 is 0 Å². The van der Waals surface area contributed by atoms with Crippen LogP contribution in [0, 0.1) is 0 Å². The molecule has 5 nitrogen and oxygen atoms in total. The Bertz CT molecular complexity index is 487. The molecule has 2 heterocycles. The Balaban J connectivity index is 1.98. The van der Waals surface area contributed by atoms with E-state index in [1.807, 2.05) is 18.2 Å². The number of aromatic nitrogens is 1. The van der Waals surface area contributed by atoms with E-state index in [9.17, 15) is 8.42 Å². The molecular weight excluding hydrogens is 250 g/mol. The number of anilines is 1. The lowest BCUT2D eigenvalue weighted by atomic mass is 10.3. The molecule has 100 valence electrons. The third kappa shape index (κ3) is 3.00. The largest absolute Gasteiger partial charge is 0.355 e. The molecule has 2 rings (SSSR count). The first-order valence-corrected chi connectivity index (χ1v) is 7.71. The molecule has 0 aromatic carbocycles. The fraction of sp³-hybridized carbons (Fsp3) is 0.583. The lowest BCUT2D eigenvalue weighted by Crippen LogP contribution is -2.40. The summed E-state index contributed by atoms with van der Waals surface area (Å²) in [5.74, 6) is 0.906. The first kappa shape index (κ1) is 13.3. The molecule has 1 unspecified atom stereocenters. The minimum Gasteiger partial charge on any atom is -0.355 e. The van der Waals surface area contributed by atoms with Crippen LogP contribution in [0.4, 0.5) is 5.82 Å². The lowest BCUT2D eigenvalue weighted by molar-refractivity contribution is 0.553. The monoisotopic (exact) mass is 269 g/mol. The molecule has 1 aromatic rings. The van der Waals surface area contributed by atoms with Crippen LogP contribution in [-0.4, -0.2) is 37.8 Å². The molecule has 0 bridgehead atoms. The summed E-state index contributed by atoms with van der Waals surface area (Å²) in [5, 5.41) is -0.388. The van der Waals surface area contributed by atoms with Crippen LogP contribution in [0.5, 0.6) is 0 Å². The quantitative estimate of drug-likeness (QED) is 0.885. The van der Waals surface area contributed by atoms with Gasteiger partial charge in [0.1, 0.15) is 5.82 Å². The summed E-state index contributed by atoms with van der Waals surface area (Å²) in [6.07, 6.45) is 2.57. The van der Waals surface area contributed by atoms with Crippen molar-refractivity contribution in [3.8, 4) is 0 Å². The number of sulfonamides is 1. The van der Waals surface area contributed by atoms with Crippen molar-refractivity contribution in [2.24, 2.45) is 0 Å². The van der Waals surface area contributed by atoms with Crippen LogP contribution in [0.1, 0.15) is 20.3 Å². The van der Waals surface area contributed by atoms with E-state index in [1.54, 1.807) is 20.0 Å². The Labute approximate surface area is 108 Å². The zero-order chi connectivity index (χ0) is 13.2. The van der Waals surface area contributed by atoms with Gasteiger partial charge in [0.25, 0.3) is 0 Å². The van der Waals surface area contributed by atoms with E-state index in [1.165, 1.54) is 0 Å². The zero-order valence-corrected chi connectivity index (χ0v) is 11.5. The predicted octanol–water partition coefficient (Wildman–Crippen LogP) is 0.988. The molecule has 0 radical (unpaired) electrons. The number of nitrogens with zero attached hydrogens (tertiary/aromatic N) is 2. The maximum atomic E-state index is 11.8. The molecule has 0 amide bonds. The number of hydrogen-bond acceptors (Lipinski definition) is 4. The number of hydrogen-bond donors (Lipinski definition) is 1. The number of nitrogens with one attached hydrogen (secondary N) is 1. The Kier molecular flexibility index (Phi) is 3.87. The maximum Gasteiger partial charge on any atom is 0.214 e. The van der Waals surface area contributed by atoms with Crippen molar-refractivity contribution >= 4 is 15.8 Å². The van der Waals surface area contributed by atoms with Gasteiger partial charge in [-0.15, -0.1) is 0 Å². The summed E-state index contributed by atoms with van der Waals surface area (Å²) < 4.78 is 26.3. The van der Waals surface area contributed by atoms with Gasteiger partial charge in [-0.2, -0.15) is 0 Å². The molecule has 0 aliphatic carbocycles. The van der Waals surface area contributed by atoms with Crippen molar-refractivity contribution in [1.82, 2.24) is 9.71 Å². The normalized spacial score (nSPS) is 20.6. The Hall–Kier alpha value is -1.14. The van der Waals surface area contributed by atoms with Crippen LogP contribution < -0.4 is 9.62 Å². The van der Waals surface area contributed by atoms with E-state index < -0.39 is 10.0 Å². The van der Waals surface area contributed by atoms with Gasteiger partial charge < -0.3 is 4.90 Å². The summed E-state index contributed by atoms with van der Waals surface area (Å²) in [6, 6.07) is 5.74. The van der Waals surface area contributed by atoms with Gasteiger partial charge in [0.15, 0.2) is 0 Å². The van der Waals surface area contributed by atoms with E-state index in [-0.39, 0.29) is 11.3 Å². The highest BCUT2D eigenvalue weighted by molar-refractivity contribution is 7.90. The van der Waals surface area contributed by atoms with Gasteiger partial charge in [-0.3, -0.25) is 0 Å². The molecule has 1 aliphatic heterocycles. The molecule has 0 saturated carbocycles. The van der Waals surface area contributed by atoms with Crippen molar-refractivity contribution in [3.05, 3.63) is 24.4 Å². The second-order valence-electron chi connectivity index (χ2n) is 4.83. The van der Waals surface area contributed by atoms with Crippen LogP contribution >= 0.6 is 0 Å². The van der Waals surface area contributed by atoms with E-state index in [0.717, 1.165) is 18.8 Å². The summed E-state index contributed by atoms with van der Waals surface area (Å²) in [5.41, 5.74) is 0. The maximum absolute atomic E-state index is 11.8. The summed E-state index contributed by atoms with van der Waals surface area (Å²) >= 11 is 0. The van der Waals surface area contributed by atoms with E-state index in [0.29, 0.717) is 6.54 Å². The second kappa shape index (κ2) is 5.24. The fourth-order valence-electron chi connectivity index (χ4n) is 1.97. The van der Waals surface area contributed by atoms with Gasteiger partial charge in [0, 0.05) is 25.3 Å². The molecule has 1 saturated heterocycles. The molecule has 1 atom stereocenters. The second-order valence-corrected chi connectivity index (χ2v) is 7.10. The molecule has 1 aromatic heterocycles. The third-order valence-electron chi connectivity index (χ3n) is 3.11. The molecule has 18 heavy (non-hydrogen) atoms. The van der Waals surface area contributed by atoms with Gasteiger partial charge in [0.2, 0.25) is 10.0 Å². The molecule has 0 spiro atoms. The third-order valence-corrected chi connectivity index (χ3v) is 5.02. The average molecular weight is 269 g/mol. The minimum absolute atomic E-state index is 0.0144. The van der Waals surface area contributed by atoms with Gasteiger partial charge in [-0.05, 0) is 32.4 Å². The highest BCUT2D eigenvalue weighted by atomic mass is 32.2. The molecular formula is C12H19N3O2S. The predicted molar refractivity (Wildman–Crippen MR) is 72.0 cm³/mol. The lowest BCUT2D eigenvalue weighted by Gasteiger charge is -2.18. The molecule has 1 aliphatic rings. The van der Waals surface area contributed by atoms with Crippen LogP contribution in [0.2, 0.25) is 0 Å². The Morgan fingerprint density at radius 2 is 2.22 bits per heavy atom. The van der Waals surface area contributed by atoms with Gasteiger partial charge in [-0.25, -0.2) is 18.1 Å². The summed E-state index contributed by atoms with van der Waals surface area (Å²) in [6.45, 7) is 4.90. The average Bonchev–Trinajstić information content (AvgIpc) is 2.78. The smallest absolute Gasteiger partial charge is 0.214 e. The van der Waals surface area contributed by atoms with Crippen LogP contribution in [0.15, 0.2) is 24.4 Å². The first-order chi connectivity index (χ1) is 8.49. The van der Waals surface area contributed by atoms with Crippen molar-refractivity contribution < 1.29 is 8.42 Å². The zero-order valence-electron chi connectivity index (χ0n) is 10.7. The van der Waals surface area contributed by atoms with E-state index in [4.69, 9.17) is 0 Å². The summed E-state index contributed by atoms with van der Waals surface area (Å²) in [7, 11) is -3.18. The molecule has 1 fully saturated rings. The van der Waals surface area contributed by atoms with Gasteiger partial charge in [0.05, 0.1) is 5.25 Å². The topological polar surface area (TPSA) is 62.3 Å². The summed E-state index contributed by atoms with van der Waals surface area (Å²) in [4.78, 5) is 6.38. The SMILES string of the molecule is CC(C)S(=O)(=O)NC1CCN(c2ccccn2)C1. The standard InChI is InChI=1S/C12H19N3O2S/c1-10(2)18(16,17)14-11-6-8-15(9-11)12-5-3-4-7-13-12/h3-5,7,10-11,14H,6,8-9H2,1-2H3. The van der Waals surface area contributed by atoms with Gasteiger partial charge >= 0.3 is 0 Å². The highest BCUT2D eigenvalue weighted by Gasteiger charge is 2.28. The Morgan fingerprint density at radius 3 is 2.83 bits per heavy atom. The van der Waals surface area contributed by atoms with Crippen LogP contribution in [-0.2, 0) is 10.0 Å². The number of pyridine rings is 1. The minimum atomic E-state index is -3.18.